The number of imidazole rings is 1. The summed E-state index contributed by atoms with van der Waals surface area (Å²) in [7, 11) is 0. The van der Waals surface area contributed by atoms with Crippen molar-refractivity contribution in [2.24, 2.45) is 5.92 Å². The lowest BCUT2D eigenvalue weighted by Gasteiger charge is -2.14. The highest BCUT2D eigenvalue weighted by Gasteiger charge is 2.24. The van der Waals surface area contributed by atoms with Crippen LogP contribution in [0.2, 0.25) is 0 Å². The number of hydrogen-bond acceptors (Lipinski definition) is 1. The highest BCUT2D eigenvalue weighted by Crippen LogP contribution is 2.31. The van der Waals surface area contributed by atoms with E-state index >= 15 is 0 Å². The van der Waals surface area contributed by atoms with Gasteiger partial charge < -0.3 is 4.57 Å². The summed E-state index contributed by atoms with van der Waals surface area (Å²) < 4.78 is 2.32. The van der Waals surface area contributed by atoms with Gasteiger partial charge in [-0.15, -0.1) is 0 Å². The van der Waals surface area contributed by atoms with Crippen LogP contribution in [0.3, 0.4) is 0 Å². The van der Waals surface area contributed by atoms with E-state index in [2.05, 4.69) is 43.4 Å². The molecule has 0 aromatic carbocycles. The van der Waals surface area contributed by atoms with Gasteiger partial charge in [-0.1, -0.05) is 20.8 Å². The molecule has 14 heavy (non-hydrogen) atoms. The van der Waals surface area contributed by atoms with Crippen LogP contribution in [0.5, 0.6) is 0 Å². The summed E-state index contributed by atoms with van der Waals surface area (Å²) in [6.07, 6.45) is 5.04. The van der Waals surface area contributed by atoms with Crippen molar-refractivity contribution in [1.82, 2.24) is 9.55 Å². The minimum Gasteiger partial charge on any atom is -0.335 e. The lowest BCUT2D eigenvalue weighted by atomic mass is 9.93. The van der Waals surface area contributed by atoms with E-state index in [1.807, 2.05) is 0 Å². The number of nitrogens with zero attached hydrogens (tertiary/aromatic N) is 2. The molecule has 78 valence electrons. The van der Waals surface area contributed by atoms with E-state index in [0.717, 1.165) is 5.92 Å². The molecule has 0 aliphatic heterocycles. The van der Waals surface area contributed by atoms with Crippen LogP contribution in [0.4, 0.5) is 0 Å². The van der Waals surface area contributed by atoms with Crippen LogP contribution < -0.4 is 0 Å². The normalized spacial score (nSPS) is 17.4. The Morgan fingerprint density at radius 1 is 1.43 bits per heavy atom. The monoisotopic (exact) mass is 192 g/mol. The molecule has 1 heterocycles. The molecule has 0 atom stereocenters. The van der Waals surface area contributed by atoms with E-state index in [4.69, 9.17) is 0 Å². The molecule has 0 radical (unpaired) electrons. The van der Waals surface area contributed by atoms with Gasteiger partial charge in [-0.05, 0) is 25.7 Å². The molecule has 0 amide bonds. The van der Waals surface area contributed by atoms with Crippen LogP contribution in [-0.2, 0) is 12.0 Å². The van der Waals surface area contributed by atoms with E-state index in [1.165, 1.54) is 30.9 Å². The Hall–Kier alpha value is -0.790. The summed E-state index contributed by atoms with van der Waals surface area (Å²) >= 11 is 0. The standard InChI is InChI=1S/C12H20N2/c1-9-13-11(12(2,3)4)8-14(9)7-10-5-6-10/h8,10H,5-7H2,1-4H3. The second kappa shape index (κ2) is 3.11. The van der Waals surface area contributed by atoms with Crippen molar-refractivity contribution in [2.75, 3.05) is 0 Å². The van der Waals surface area contributed by atoms with Gasteiger partial charge in [-0.3, -0.25) is 0 Å². The number of hydrogen-bond donors (Lipinski definition) is 0. The second-order valence-electron chi connectivity index (χ2n) is 5.52. The van der Waals surface area contributed by atoms with Gasteiger partial charge in [0.1, 0.15) is 5.82 Å². The van der Waals surface area contributed by atoms with Gasteiger partial charge in [-0.2, -0.15) is 0 Å². The van der Waals surface area contributed by atoms with Crippen LogP contribution in [0.15, 0.2) is 6.20 Å². The summed E-state index contributed by atoms with van der Waals surface area (Å²) in [5.74, 6) is 2.09. The van der Waals surface area contributed by atoms with Crippen molar-refractivity contribution < 1.29 is 0 Å². The molecule has 1 fully saturated rings. The van der Waals surface area contributed by atoms with Crippen molar-refractivity contribution in [1.29, 1.82) is 0 Å². The summed E-state index contributed by atoms with van der Waals surface area (Å²) in [4.78, 5) is 4.63. The molecule has 2 nitrogen and oxygen atoms in total. The Bertz CT molecular complexity index is 327. The predicted molar refractivity (Wildman–Crippen MR) is 58.4 cm³/mol. The molecule has 1 saturated carbocycles. The van der Waals surface area contributed by atoms with Gasteiger partial charge in [0.15, 0.2) is 0 Å². The Balaban J connectivity index is 2.19. The Morgan fingerprint density at radius 2 is 2.07 bits per heavy atom. The SMILES string of the molecule is Cc1nc(C(C)(C)C)cn1CC1CC1. The van der Waals surface area contributed by atoms with E-state index in [-0.39, 0.29) is 5.41 Å². The van der Waals surface area contributed by atoms with Crippen molar-refractivity contribution in [3.05, 3.63) is 17.7 Å². The number of rotatable bonds is 2. The first kappa shape index (κ1) is 9.75. The lowest BCUT2D eigenvalue weighted by molar-refractivity contribution is 0.568. The molecule has 0 spiro atoms. The van der Waals surface area contributed by atoms with Crippen molar-refractivity contribution in [3.63, 3.8) is 0 Å². The largest absolute Gasteiger partial charge is 0.335 e. The molecule has 2 rings (SSSR count). The molecule has 1 aromatic heterocycles. The minimum absolute atomic E-state index is 0.180. The highest BCUT2D eigenvalue weighted by molar-refractivity contribution is 5.12. The maximum Gasteiger partial charge on any atom is 0.105 e. The average molecular weight is 192 g/mol. The summed E-state index contributed by atoms with van der Waals surface area (Å²) in [5, 5.41) is 0. The molecular weight excluding hydrogens is 172 g/mol. The molecule has 1 aromatic rings. The smallest absolute Gasteiger partial charge is 0.105 e. The highest BCUT2D eigenvalue weighted by atomic mass is 15.1. The van der Waals surface area contributed by atoms with E-state index in [0.29, 0.717) is 0 Å². The van der Waals surface area contributed by atoms with E-state index < -0.39 is 0 Å². The van der Waals surface area contributed by atoms with Gasteiger partial charge >= 0.3 is 0 Å². The molecule has 1 aliphatic carbocycles. The first-order valence-electron chi connectivity index (χ1n) is 5.51. The summed E-state index contributed by atoms with van der Waals surface area (Å²) in [5.41, 5.74) is 1.40. The van der Waals surface area contributed by atoms with Gasteiger partial charge in [-0.25, -0.2) is 4.98 Å². The molecule has 2 heteroatoms. The lowest BCUT2D eigenvalue weighted by Crippen LogP contribution is -2.11. The predicted octanol–water partition coefficient (Wildman–Crippen LogP) is 2.90. The van der Waals surface area contributed by atoms with Crippen LogP contribution >= 0.6 is 0 Å². The van der Waals surface area contributed by atoms with Gasteiger partial charge in [0.25, 0.3) is 0 Å². The third-order valence-electron chi connectivity index (χ3n) is 2.90. The molecule has 1 aliphatic rings. The minimum atomic E-state index is 0.180. The van der Waals surface area contributed by atoms with E-state index in [9.17, 15) is 0 Å². The molecule has 0 N–H and O–H groups in total. The fraction of sp³-hybridized carbons (Fsp3) is 0.750. The van der Waals surface area contributed by atoms with Crippen LogP contribution in [0.1, 0.15) is 45.1 Å². The fourth-order valence-electron chi connectivity index (χ4n) is 1.63. The molecule has 0 bridgehead atoms. The van der Waals surface area contributed by atoms with Crippen molar-refractivity contribution in [3.8, 4) is 0 Å². The third-order valence-corrected chi connectivity index (χ3v) is 2.90. The maximum absolute atomic E-state index is 4.63. The fourth-order valence-corrected chi connectivity index (χ4v) is 1.63. The average Bonchev–Trinajstić information content (AvgIpc) is 2.76. The molecular formula is C12H20N2. The Morgan fingerprint density at radius 3 is 2.50 bits per heavy atom. The number of aromatic nitrogens is 2. The third kappa shape index (κ3) is 1.99. The molecule has 0 unspecified atom stereocenters. The van der Waals surface area contributed by atoms with Gasteiger partial charge in [0, 0.05) is 18.2 Å². The second-order valence-corrected chi connectivity index (χ2v) is 5.52. The Labute approximate surface area is 86.3 Å². The summed E-state index contributed by atoms with van der Waals surface area (Å²) in [6, 6.07) is 0. The van der Waals surface area contributed by atoms with Crippen LogP contribution in [0.25, 0.3) is 0 Å². The van der Waals surface area contributed by atoms with E-state index in [1.54, 1.807) is 0 Å². The quantitative estimate of drug-likeness (QED) is 0.704. The first-order valence-corrected chi connectivity index (χ1v) is 5.51. The zero-order chi connectivity index (χ0) is 10.3. The number of aryl methyl sites for hydroxylation is 1. The first-order chi connectivity index (χ1) is 6.47. The topological polar surface area (TPSA) is 17.8 Å². The zero-order valence-electron chi connectivity index (χ0n) is 9.67. The van der Waals surface area contributed by atoms with Gasteiger partial charge in [0.2, 0.25) is 0 Å². The van der Waals surface area contributed by atoms with Crippen LogP contribution in [0, 0.1) is 12.8 Å². The van der Waals surface area contributed by atoms with Gasteiger partial charge in [0.05, 0.1) is 5.69 Å². The zero-order valence-corrected chi connectivity index (χ0v) is 9.67. The van der Waals surface area contributed by atoms with Crippen molar-refractivity contribution >= 4 is 0 Å². The van der Waals surface area contributed by atoms with Crippen molar-refractivity contribution in [2.45, 2.75) is 52.5 Å². The molecule has 0 saturated heterocycles. The Kier molecular flexibility index (Phi) is 2.17. The van der Waals surface area contributed by atoms with Crippen LogP contribution in [-0.4, -0.2) is 9.55 Å². The maximum atomic E-state index is 4.63. The summed E-state index contributed by atoms with van der Waals surface area (Å²) in [6.45, 7) is 9.94.